The van der Waals surface area contributed by atoms with Gasteiger partial charge in [0, 0.05) is 6.42 Å². The normalized spacial score (nSPS) is 9.06. The van der Waals surface area contributed by atoms with E-state index < -0.39 is 17.5 Å². The molecule has 0 aliphatic heterocycles. The van der Waals surface area contributed by atoms with E-state index in [0.717, 1.165) is 0 Å². The van der Waals surface area contributed by atoms with Gasteiger partial charge in [-0.25, -0.2) is 4.79 Å². The molecule has 0 spiro atoms. The summed E-state index contributed by atoms with van der Waals surface area (Å²) in [5.41, 5.74) is 7.90. The van der Waals surface area contributed by atoms with Crippen LogP contribution in [0.5, 0.6) is 0 Å². The quantitative estimate of drug-likeness (QED) is 0.114. The highest BCUT2D eigenvalue weighted by molar-refractivity contribution is 6.62. The third kappa shape index (κ3) is 5.19. The topological polar surface area (TPSA) is 89.0 Å². The standard InChI is InChI=1S/C10H14N2O4/c1-3-6-15-7-5-8(13)9(12-11)10(14)16-4-2/h3H,1,4-7H2,2H3. The van der Waals surface area contributed by atoms with Gasteiger partial charge in [0.2, 0.25) is 0 Å². The van der Waals surface area contributed by atoms with Crippen LogP contribution in [0.2, 0.25) is 0 Å². The number of carbonyl (C=O) groups excluding carboxylic acids is 2. The van der Waals surface area contributed by atoms with E-state index in [9.17, 15) is 9.59 Å². The number of ketones is 1. The predicted octanol–water partition coefficient (Wildman–Crippen LogP) is 0.382. The summed E-state index contributed by atoms with van der Waals surface area (Å²) in [6.45, 7) is 5.58. The van der Waals surface area contributed by atoms with E-state index in [2.05, 4.69) is 16.1 Å². The molecule has 0 amide bonds. The van der Waals surface area contributed by atoms with Crippen molar-refractivity contribution in [2.75, 3.05) is 19.8 Å². The Kier molecular flexibility index (Phi) is 7.57. The predicted molar refractivity (Wildman–Crippen MR) is 55.9 cm³/mol. The second-order valence-corrected chi connectivity index (χ2v) is 2.71. The molecule has 0 aromatic heterocycles. The molecule has 0 saturated heterocycles. The minimum atomic E-state index is -0.932. The highest BCUT2D eigenvalue weighted by atomic mass is 16.5. The first-order chi connectivity index (χ1) is 7.67. The Hall–Kier alpha value is -1.78. The van der Waals surface area contributed by atoms with Crippen LogP contribution < -0.4 is 0 Å². The Bertz CT molecular complexity index is 319. The summed E-state index contributed by atoms with van der Waals surface area (Å²) in [6.07, 6.45) is 1.49. The lowest BCUT2D eigenvalue weighted by atomic mass is 10.2. The van der Waals surface area contributed by atoms with Crippen LogP contribution in [-0.2, 0) is 19.1 Å². The van der Waals surface area contributed by atoms with Crippen LogP contribution in [-0.4, -0.2) is 42.1 Å². The molecule has 88 valence electrons. The van der Waals surface area contributed by atoms with Gasteiger partial charge in [-0.3, -0.25) is 4.79 Å². The summed E-state index contributed by atoms with van der Waals surface area (Å²) >= 11 is 0. The number of esters is 1. The van der Waals surface area contributed by atoms with E-state index in [1.54, 1.807) is 6.92 Å². The maximum Gasteiger partial charge on any atom is 0.441 e. The lowest BCUT2D eigenvalue weighted by molar-refractivity contribution is -0.141. The zero-order valence-corrected chi connectivity index (χ0v) is 9.14. The second kappa shape index (κ2) is 8.52. The first-order valence-electron chi connectivity index (χ1n) is 4.78. The fraction of sp³-hybridized carbons (Fsp3) is 0.500. The van der Waals surface area contributed by atoms with Crippen molar-refractivity contribution in [3.8, 4) is 0 Å². The minimum absolute atomic E-state index is 0.0496. The molecule has 6 nitrogen and oxygen atoms in total. The van der Waals surface area contributed by atoms with E-state index in [1.165, 1.54) is 6.08 Å². The molecule has 0 N–H and O–H groups in total. The average molecular weight is 226 g/mol. The molecular weight excluding hydrogens is 212 g/mol. The van der Waals surface area contributed by atoms with Crippen molar-refractivity contribution < 1.29 is 23.9 Å². The van der Waals surface area contributed by atoms with Gasteiger partial charge in [-0.05, 0) is 6.92 Å². The zero-order chi connectivity index (χ0) is 12.4. The van der Waals surface area contributed by atoms with Gasteiger partial charge < -0.3 is 15.0 Å². The highest BCUT2D eigenvalue weighted by Gasteiger charge is 2.30. The van der Waals surface area contributed by atoms with Crippen LogP contribution >= 0.6 is 0 Å². The fourth-order valence-electron chi connectivity index (χ4n) is 0.860. The van der Waals surface area contributed by atoms with Gasteiger partial charge >= 0.3 is 11.7 Å². The molecule has 6 heteroatoms. The summed E-state index contributed by atoms with van der Waals surface area (Å²) < 4.78 is 9.50. The van der Waals surface area contributed by atoms with Gasteiger partial charge in [0.25, 0.3) is 5.78 Å². The van der Waals surface area contributed by atoms with Crippen molar-refractivity contribution in [1.82, 2.24) is 0 Å². The molecule has 0 aromatic rings. The largest absolute Gasteiger partial charge is 0.457 e. The van der Waals surface area contributed by atoms with E-state index in [-0.39, 0.29) is 19.6 Å². The molecule has 0 rings (SSSR count). The third-order valence-electron chi connectivity index (χ3n) is 1.54. The van der Waals surface area contributed by atoms with Crippen LogP contribution in [0.1, 0.15) is 13.3 Å². The maximum absolute atomic E-state index is 11.4. The van der Waals surface area contributed by atoms with Crippen LogP contribution in [0.15, 0.2) is 12.7 Å². The molecule has 0 bridgehead atoms. The van der Waals surface area contributed by atoms with Crippen LogP contribution in [0.3, 0.4) is 0 Å². The SMILES string of the molecule is C=CCOCCC(=O)C(=[N+]=[N-])C(=O)OCC. The Labute approximate surface area is 93.5 Å². The van der Waals surface area contributed by atoms with Crippen molar-refractivity contribution in [2.24, 2.45) is 0 Å². The molecule has 0 atom stereocenters. The van der Waals surface area contributed by atoms with E-state index in [0.29, 0.717) is 6.61 Å². The molecule has 0 unspecified atom stereocenters. The number of ether oxygens (including phenoxy) is 2. The minimum Gasteiger partial charge on any atom is -0.457 e. The van der Waals surface area contributed by atoms with E-state index in [1.807, 2.05) is 0 Å². The number of hydrogen-bond acceptors (Lipinski definition) is 4. The molecule has 0 heterocycles. The van der Waals surface area contributed by atoms with Gasteiger partial charge in [-0.15, -0.1) is 6.58 Å². The molecule has 16 heavy (non-hydrogen) atoms. The summed E-state index contributed by atoms with van der Waals surface area (Å²) in [6, 6.07) is 0. The van der Waals surface area contributed by atoms with Crippen molar-refractivity contribution in [3.63, 3.8) is 0 Å². The van der Waals surface area contributed by atoms with Gasteiger partial charge in [0.05, 0.1) is 19.8 Å². The fourth-order valence-corrected chi connectivity index (χ4v) is 0.860. The Morgan fingerprint density at radius 2 is 2.19 bits per heavy atom. The summed E-state index contributed by atoms with van der Waals surface area (Å²) in [5, 5.41) is 0. The molecule has 0 aliphatic rings. The Morgan fingerprint density at radius 1 is 1.50 bits per heavy atom. The summed E-state index contributed by atoms with van der Waals surface area (Å²) in [5.74, 6) is -1.55. The van der Waals surface area contributed by atoms with Crippen molar-refractivity contribution in [2.45, 2.75) is 13.3 Å². The lowest BCUT2D eigenvalue weighted by Crippen LogP contribution is -2.28. The number of Topliss-reactive ketones (excluding diaryl/α,β-unsaturated/α-hetero) is 1. The average Bonchev–Trinajstić information content (AvgIpc) is 2.26. The first-order valence-corrected chi connectivity index (χ1v) is 4.78. The maximum atomic E-state index is 11.4. The van der Waals surface area contributed by atoms with Crippen LogP contribution in [0.4, 0.5) is 0 Å². The lowest BCUT2D eigenvalue weighted by Gasteiger charge is -1.98. The van der Waals surface area contributed by atoms with Crippen molar-refractivity contribution >= 4 is 17.5 Å². The van der Waals surface area contributed by atoms with Crippen LogP contribution in [0.25, 0.3) is 5.53 Å². The molecule has 0 aliphatic carbocycles. The second-order valence-electron chi connectivity index (χ2n) is 2.71. The molecule has 0 aromatic carbocycles. The monoisotopic (exact) mass is 226 g/mol. The number of hydrogen-bond donors (Lipinski definition) is 0. The number of carbonyl (C=O) groups is 2. The molecule has 0 fully saturated rings. The molecule has 0 radical (unpaired) electrons. The van der Waals surface area contributed by atoms with Crippen molar-refractivity contribution in [1.29, 1.82) is 0 Å². The van der Waals surface area contributed by atoms with Gasteiger partial charge in [-0.2, -0.15) is 4.79 Å². The third-order valence-corrected chi connectivity index (χ3v) is 1.54. The Morgan fingerprint density at radius 3 is 2.69 bits per heavy atom. The van der Waals surface area contributed by atoms with Gasteiger partial charge in [0.1, 0.15) is 0 Å². The number of rotatable bonds is 8. The number of nitrogens with zero attached hydrogens (tertiary/aromatic N) is 2. The van der Waals surface area contributed by atoms with Crippen molar-refractivity contribution in [3.05, 3.63) is 18.2 Å². The van der Waals surface area contributed by atoms with E-state index >= 15 is 0 Å². The zero-order valence-electron chi connectivity index (χ0n) is 9.14. The van der Waals surface area contributed by atoms with Gasteiger partial charge in [-0.1, -0.05) is 6.08 Å². The summed E-state index contributed by atoms with van der Waals surface area (Å²) in [7, 11) is 0. The first kappa shape index (κ1) is 14.2. The molecular formula is C10H14N2O4. The van der Waals surface area contributed by atoms with E-state index in [4.69, 9.17) is 10.3 Å². The van der Waals surface area contributed by atoms with Crippen LogP contribution in [0, 0.1) is 0 Å². The smallest absolute Gasteiger partial charge is 0.441 e. The Balaban J connectivity index is 4.18. The highest BCUT2D eigenvalue weighted by Crippen LogP contribution is 1.91. The summed E-state index contributed by atoms with van der Waals surface area (Å²) in [4.78, 5) is 25.1. The molecule has 0 saturated carbocycles. The van der Waals surface area contributed by atoms with Gasteiger partial charge in [0.15, 0.2) is 0 Å².